The van der Waals surface area contributed by atoms with Gasteiger partial charge in [0.05, 0.1) is 12.2 Å². The molecule has 5 nitrogen and oxygen atoms in total. The average molecular weight is 263 g/mol. The van der Waals surface area contributed by atoms with Crippen LogP contribution in [0.3, 0.4) is 0 Å². The number of carbonyl (C=O) groups is 1. The molecule has 1 unspecified atom stereocenters. The fraction of sp³-hybridized carbons (Fsp3) is 0.571. The molecule has 0 saturated carbocycles. The molecule has 2 rings (SSSR count). The molecule has 104 valence electrons. The van der Waals surface area contributed by atoms with E-state index in [0.717, 1.165) is 25.5 Å². The molecule has 1 saturated heterocycles. The Morgan fingerprint density at radius 1 is 1.47 bits per heavy atom. The molecule has 0 amide bonds. The summed E-state index contributed by atoms with van der Waals surface area (Å²) in [5.74, 6) is 0.613. The van der Waals surface area contributed by atoms with Gasteiger partial charge in [0.15, 0.2) is 0 Å². The minimum absolute atomic E-state index is 0.312. The van der Waals surface area contributed by atoms with E-state index in [4.69, 9.17) is 4.74 Å². The second-order valence-electron chi connectivity index (χ2n) is 4.93. The van der Waals surface area contributed by atoms with E-state index in [9.17, 15) is 4.79 Å². The van der Waals surface area contributed by atoms with Crippen LogP contribution < -0.4 is 4.90 Å². The number of rotatable bonds is 3. The first-order valence-corrected chi connectivity index (χ1v) is 6.70. The van der Waals surface area contributed by atoms with Crippen molar-refractivity contribution in [3.63, 3.8) is 0 Å². The average Bonchev–Trinajstić information content (AvgIpc) is 2.39. The van der Waals surface area contributed by atoms with Crippen molar-refractivity contribution in [3.05, 3.63) is 23.9 Å². The van der Waals surface area contributed by atoms with Crippen molar-refractivity contribution in [2.75, 3.05) is 38.2 Å². The topological polar surface area (TPSA) is 45.7 Å². The number of likely N-dealkylation sites (N-methyl/N-ethyl adjacent to an activating group) is 1. The van der Waals surface area contributed by atoms with Gasteiger partial charge in [-0.1, -0.05) is 0 Å². The summed E-state index contributed by atoms with van der Waals surface area (Å²) >= 11 is 0. The molecule has 0 aliphatic carbocycles. The van der Waals surface area contributed by atoms with Crippen molar-refractivity contribution in [2.45, 2.75) is 19.9 Å². The Morgan fingerprint density at radius 3 is 2.84 bits per heavy atom. The van der Waals surface area contributed by atoms with Gasteiger partial charge in [-0.15, -0.1) is 0 Å². The first-order valence-electron chi connectivity index (χ1n) is 6.70. The molecule has 0 radical (unpaired) electrons. The maximum atomic E-state index is 11.6. The van der Waals surface area contributed by atoms with Gasteiger partial charge in [0, 0.05) is 31.9 Å². The molecule has 1 aromatic heterocycles. The molecule has 1 aliphatic rings. The molecule has 5 heteroatoms. The van der Waals surface area contributed by atoms with Crippen molar-refractivity contribution in [2.24, 2.45) is 0 Å². The Kier molecular flexibility index (Phi) is 4.37. The van der Waals surface area contributed by atoms with Crippen LogP contribution in [0.2, 0.25) is 0 Å². The van der Waals surface area contributed by atoms with Crippen LogP contribution in [0.5, 0.6) is 0 Å². The SMILES string of the molecule is CCOC(=O)c1ccc(N2CCN(C)CC2C)nc1. The summed E-state index contributed by atoms with van der Waals surface area (Å²) in [5.41, 5.74) is 0.507. The van der Waals surface area contributed by atoms with Gasteiger partial charge in [0.25, 0.3) is 0 Å². The quantitative estimate of drug-likeness (QED) is 0.771. The van der Waals surface area contributed by atoms with Crippen LogP contribution in [-0.2, 0) is 4.74 Å². The molecule has 0 bridgehead atoms. The highest BCUT2D eigenvalue weighted by Crippen LogP contribution is 2.18. The molecule has 0 spiro atoms. The molecule has 1 aromatic rings. The molecule has 1 atom stereocenters. The summed E-state index contributed by atoms with van der Waals surface area (Å²) in [5, 5.41) is 0. The van der Waals surface area contributed by atoms with Crippen LogP contribution in [0, 0.1) is 0 Å². The van der Waals surface area contributed by atoms with Gasteiger partial charge in [-0.05, 0) is 33.0 Å². The van der Waals surface area contributed by atoms with E-state index in [0.29, 0.717) is 18.2 Å². The highest BCUT2D eigenvalue weighted by Gasteiger charge is 2.22. The lowest BCUT2D eigenvalue weighted by molar-refractivity contribution is 0.0526. The summed E-state index contributed by atoms with van der Waals surface area (Å²) in [4.78, 5) is 20.5. The molecule has 1 aliphatic heterocycles. The third-order valence-electron chi connectivity index (χ3n) is 3.38. The van der Waals surface area contributed by atoms with Gasteiger partial charge in [-0.2, -0.15) is 0 Å². The normalized spacial score (nSPS) is 20.4. The number of nitrogens with zero attached hydrogens (tertiary/aromatic N) is 3. The maximum Gasteiger partial charge on any atom is 0.339 e. The fourth-order valence-electron chi connectivity index (χ4n) is 2.37. The lowest BCUT2D eigenvalue weighted by Gasteiger charge is -2.39. The smallest absolute Gasteiger partial charge is 0.339 e. The number of hydrogen-bond acceptors (Lipinski definition) is 5. The van der Waals surface area contributed by atoms with Gasteiger partial charge < -0.3 is 14.5 Å². The zero-order chi connectivity index (χ0) is 13.8. The van der Waals surface area contributed by atoms with Gasteiger partial charge >= 0.3 is 5.97 Å². The Morgan fingerprint density at radius 2 is 2.26 bits per heavy atom. The summed E-state index contributed by atoms with van der Waals surface area (Å²) in [7, 11) is 2.13. The number of ether oxygens (including phenoxy) is 1. The summed E-state index contributed by atoms with van der Waals surface area (Å²) in [6.07, 6.45) is 1.60. The number of anilines is 1. The minimum Gasteiger partial charge on any atom is -0.462 e. The minimum atomic E-state index is -0.312. The second-order valence-corrected chi connectivity index (χ2v) is 4.93. The highest BCUT2D eigenvalue weighted by atomic mass is 16.5. The standard InChI is InChI=1S/C14H21N3O2/c1-4-19-14(18)12-5-6-13(15-9-12)17-8-7-16(3)10-11(17)2/h5-6,9,11H,4,7-8,10H2,1-3H3. The van der Waals surface area contributed by atoms with E-state index < -0.39 is 0 Å². The largest absolute Gasteiger partial charge is 0.462 e. The Bertz CT molecular complexity index is 433. The van der Waals surface area contributed by atoms with Gasteiger partial charge in [-0.3, -0.25) is 0 Å². The summed E-state index contributed by atoms with van der Waals surface area (Å²) < 4.78 is 4.95. The molecule has 1 fully saturated rings. The fourth-order valence-corrected chi connectivity index (χ4v) is 2.37. The van der Waals surface area contributed by atoms with Crippen LogP contribution in [0.15, 0.2) is 18.3 Å². The summed E-state index contributed by atoms with van der Waals surface area (Å²) in [6, 6.07) is 4.11. The van der Waals surface area contributed by atoms with Crippen LogP contribution >= 0.6 is 0 Å². The Balaban J connectivity index is 2.08. The number of aromatic nitrogens is 1. The van der Waals surface area contributed by atoms with Crippen molar-refractivity contribution >= 4 is 11.8 Å². The molecule has 0 N–H and O–H groups in total. The van der Waals surface area contributed by atoms with Crippen LogP contribution in [0.25, 0.3) is 0 Å². The van der Waals surface area contributed by atoms with E-state index >= 15 is 0 Å². The van der Waals surface area contributed by atoms with E-state index in [1.807, 2.05) is 6.07 Å². The van der Waals surface area contributed by atoms with Gasteiger partial charge in [0.1, 0.15) is 5.82 Å². The van der Waals surface area contributed by atoms with Crippen molar-refractivity contribution in [1.82, 2.24) is 9.88 Å². The first kappa shape index (κ1) is 13.8. The van der Waals surface area contributed by atoms with Crippen LogP contribution in [-0.4, -0.2) is 55.2 Å². The van der Waals surface area contributed by atoms with E-state index in [-0.39, 0.29) is 5.97 Å². The molecular weight excluding hydrogens is 242 g/mol. The van der Waals surface area contributed by atoms with Crippen LogP contribution in [0.1, 0.15) is 24.2 Å². The summed E-state index contributed by atoms with van der Waals surface area (Å²) in [6.45, 7) is 7.40. The first-order chi connectivity index (χ1) is 9.11. The van der Waals surface area contributed by atoms with Gasteiger partial charge in [0.2, 0.25) is 0 Å². The monoisotopic (exact) mass is 263 g/mol. The van der Waals surface area contributed by atoms with Gasteiger partial charge in [-0.25, -0.2) is 9.78 Å². The van der Waals surface area contributed by atoms with Crippen molar-refractivity contribution in [1.29, 1.82) is 0 Å². The lowest BCUT2D eigenvalue weighted by Crippen LogP contribution is -2.50. The maximum absolute atomic E-state index is 11.6. The van der Waals surface area contributed by atoms with E-state index in [2.05, 4.69) is 28.8 Å². The zero-order valence-electron chi connectivity index (χ0n) is 11.8. The number of hydrogen-bond donors (Lipinski definition) is 0. The molecule has 2 heterocycles. The second kappa shape index (κ2) is 6.02. The van der Waals surface area contributed by atoms with Crippen molar-refractivity contribution in [3.8, 4) is 0 Å². The molecular formula is C14H21N3O2. The third kappa shape index (κ3) is 3.23. The van der Waals surface area contributed by atoms with E-state index in [1.54, 1.807) is 19.2 Å². The highest BCUT2D eigenvalue weighted by molar-refractivity contribution is 5.89. The third-order valence-corrected chi connectivity index (χ3v) is 3.38. The Labute approximate surface area is 114 Å². The van der Waals surface area contributed by atoms with E-state index in [1.165, 1.54) is 0 Å². The lowest BCUT2D eigenvalue weighted by atomic mass is 10.2. The number of piperazine rings is 1. The number of carbonyl (C=O) groups excluding carboxylic acids is 1. The Hall–Kier alpha value is -1.62. The predicted octanol–water partition coefficient (Wildman–Crippen LogP) is 1.40. The molecule has 0 aromatic carbocycles. The number of esters is 1. The van der Waals surface area contributed by atoms with Crippen LogP contribution in [0.4, 0.5) is 5.82 Å². The van der Waals surface area contributed by atoms with Crippen molar-refractivity contribution < 1.29 is 9.53 Å². The molecule has 19 heavy (non-hydrogen) atoms. The predicted molar refractivity (Wildman–Crippen MR) is 74.5 cm³/mol. The zero-order valence-corrected chi connectivity index (χ0v) is 11.8. The number of pyridine rings is 1.